The first-order valence-electron chi connectivity index (χ1n) is 8.23. The summed E-state index contributed by atoms with van der Waals surface area (Å²) in [5, 5.41) is 0. The Bertz CT molecular complexity index is 795. The topological polar surface area (TPSA) is 58.2 Å². The lowest BCUT2D eigenvalue weighted by Gasteiger charge is -2.16. The summed E-state index contributed by atoms with van der Waals surface area (Å²) in [6.45, 7) is 6.06. The molecule has 5 heteroatoms. The zero-order valence-corrected chi connectivity index (χ0v) is 15.0. The molecular formula is C19H22N2O2S. The average Bonchev–Trinajstić information content (AvgIpc) is 2.97. The van der Waals surface area contributed by atoms with Gasteiger partial charge in [0.15, 0.2) is 0 Å². The highest BCUT2D eigenvalue weighted by molar-refractivity contribution is 7.14. The minimum Gasteiger partial charge on any atom is -0.267 e. The highest BCUT2D eigenvalue weighted by atomic mass is 32.1. The van der Waals surface area contributed by atoms with E-state index in [1.807, 2.05) is 38.1 Å². The second-order valence-electron chi connectivity index (χ2n) is 6.63. The number of hydrogen-bond donors (Lipinski definition) is 2. The van der Waals surface area contributed by atoms with Gasteiger partial charge in [0.25, 0.3) is 11.8 Å². The number of benzene rings is 1. The molecule has 0 fully saturated rings. The van der Waals surface area contributed by atoms with E-state index in [1.54, 1.807) is 0 Å². The summed E-state index contributed by atoms with van der Waals surface area (Å²) in [6, 6.07) is 7.65. The Hall–Kier alpha value is -2.14. The molecule has 0 saturated heterocycles. The number of thiophene rings is 1. The van der Waals surface area contributed by atoms with E-state index < -0.39 is 0 Å². The lowest BCUT2D eigenvalue weighted by atomic mass is 9.90. The van der Waals surface area contributed by atoms with Crippen LogP contribution in [0.1, 0.15) is 54.9 Å². The van der Waals surface area contributed by atoms with Gasteiger partial charge in [-0.05, 0) is 62.3 Å². The average molecular weight is 342 g/mol. The van der Waals surface area contributed by atoms with Crippen LogP contribution in [-0.2, 0) is 12.8 Å². The predicted molar refractivity (Wildman–Crippen MR) is 96.4 cm³/mol. The zero-order valence-electron chi connectivity index (χ0n) is 14.2. The Balaban J connectivity index is 1.65. The van der Waals surface area contributed by atoms with Gasteiger partial charge in [0.05, 0.1) is 4.88 Å². The van der Waals surface area contributed by atoms with E-state index in [0.29, 0.717) is 16.4 Å². The van der Waals surface area contributed by atoms with Crippen LogP contribution in [0.2, 0.25) is 0 Å². The SMILES string of the molecule is Cc1ccc(C)c(C(=O)NNC(=O)c2cc3c(s2)CC[C@H](C)C3)c1. The Labute approximate surface area is 146 Å². The van der Waals surface area contributed by atoms with Crippen molar-refractivity contribution in [2.75, 3.05) is 0 Å². The normalized spacial score (nSPS) is 16.4. The number of fused-ring (bicyclic) bond motifs is 1. The molecule has 126 valence electrons. The molecule has 24 heavy (non-hydrogen) atoms. The van der Waals surface area contributed by atoms with Crippen LogP contribution in [0.15, 0.2) is 24.3 Å². The van der Waals surface area contributed by atoms with Crippen LogP contribution in [-0.4, -0.2) is 11.8 Å². The second-order valence-corrected chi connectivity index (χ2v) is 7.77. The molecule has 1 aromatic carbocycles. The molecule has 0 aliphatic heterocycles. The van der Waals surface area contributed by atoms with E-state index in [2.05, 4.69) is 17.8 Å². The van der Waals surface area contributed by atoms with Crippen LogP contribution in [0, 0.1) is 19.8 Å². The highest BCUT2D eigenvalue weighted by Crippen LogP contribution is 2.32. The molecule has 0 bridgehead atoms. The van der Waals surface area contributed by atoms with Gasteiger partial charge in [-0.2, -0.15) is 0 Å². The lowest BCUT2D eigenvalue weighted by Crippen LogP contribution is -2.41. The number of hydrazine groups is 1. The van der Waals surface area contributed by atoms with Gasteiger partial charge in [-0.15, -0.1) is 11.3 Å². The fraction of sp³-hybridized carbons (Fsp3) is 0.368. The number of amides is 2. The molecule has 3 rings (SSSR count). The third kappa shape index (κ3) is 3.51. The van der Waals surface area contributed by atoms with Crippen molar-refractivity contribution in [1.82, 2.24) is 10.9 Å². The smallest absolute Gasteiger partial charge is 0.267 e. The van der Waals surface area contributed by atoms with Crippen molar-refractivity contribution in [2.45, 2.75) is 40.0 Å². The van der Waals surface area contributed by atoms with Crippen LogP contribution in [0.3, 0.4) is 0 Å². The molecule has 2 N–H and O–H groups in total. The molecule has 2 amide bonds. The van der Waals surface area contributed by atoms with Gasteiger partial charge in [-0.1, -0.05) is 24.6 Å². The molecule has 0 spiro atoms. The fourth-order valence-corrected chi connectivity index (χ4v) is 4.14. The van der Waals surface area contributed by atoms with Crippen LogP contribution < -0.4 is 10.9 Å². The third-order valence-corrected chi connectivity index (χ3v) is 5.72. The maximum atomic E-state index is 12.3. The van der Waals surface area contributed by atoms with E-state index in [9.17, 15) is 9.59 Å². The van der Waals surface area contributed by atoms with Gasteiger partial charge in [-0.3, -0.25) is 20.4 Å². The number of rotatable bonds is 2. The zero-order chi connectivity index (χ0) is 17.3. The summed E-state index contributed by atoms with van der Waals surface area (Å²) in [5.41, 5.74) is 8.81. The van der Waals surface area contributed by atoms with Gasteiger partial charge in [0, 0.05) is 10.4 Å². The van der Waals surface area contributed by atoms with Gasteiger partial charge in [0.2, 0.25) is 0 Å². The second kappa shape index (κ2) is 6.77. The first kappa shape index (κ1) is 16.7. The standard InChI is InChI=1S/C19H22N2O2S/c1-11-5-7-16-14(8-11)10-17(24-16)19(23)21-20-18(22)15-9-12(2)4-6-13(15)3/h4,6,9-11H,5,7-8H2,1-3H3,(H,20,22)(H,21,23)/t11-/m0/s1. The Kier molecular flexibility index (Phi) is 4.71. The maximum Gasteiger partial charge on any atom is 0.279 e. The van der Waals surface area contributed by atoms with Gasteiger partial charge >= 0.3 is 0 Å². The number of hydrogen-bond acceptors (Lipinski definition) is 3. The summed E-state index contributed by atoms with van der Waals surface area (Å²) in [5.74, 6) is 0.132. The quantitative estimate of drug-likeness (QED) is 0.820. The van der Waals surface area contributed by atoms with Crippen LogP contribution in [0.4, 0.5) is 0 Å². The van der Waals surface area contributed by atoms with Crippen molar-refractivity contribution in [3.05, 3.63) is 56.3 Å². The predicted octanol–water partition coefficient (Wildman–Crippen LogP) is 3.56. The molecule has 2 aromatic rings. The van der Waals surface area contributed by atoms with Crippen LogP contribution in [0.25, 0.3) is 0 Å². The minimum absolute atomic E-state index is 0.249. The largest absolute Gasteiger partial charge is 0.279 e. The van der Waals surface area contributed by atoms with Crippen molar-refractivity contribution in [1.29, 1.82) is 0 Å². The number of aryl methyl sites for hydroxylation is 3. The number of carbonyl (C=O) groups excluding carboxylic acids is 2. The molecule has 0 unspecified atom stereocenters. The molecule has 1 aromatic heterocycles. The molecule has 0 radical (unpaired) electrons. The van der Waals surface area contributed by atoms with Crippen molar-refractivity contribution < 1.29 is 9.59 Å². The van der Waals surface area contributed by atoms with E-state index in [1.165, 1.54) is 28.2 Å². The van der Waals surface area contributed by atoms with Crippen molar-refractivity contribution in [2.24, 2.45) is 5.92 Å². The summed E-state index contributed by atoms with van der Waals surface area (Å²) < 4.78 is 0. The molecule has 1 heterocycles. The third-order valence-electron chi connectivity index (χ3n) is 4.48. The van der Waals surface area contributed by atoms with Crippen LogP contribution in [0.5, 0.6) is 0 Å². The number of carbonyl (C=O) groups is 2. The highest BCUT2D eigenvalue weighted by Gasteiger charge is 2.21. The molecule has 4 nitrogen and oxygen atoms in total. The van der Waals surface area contributed by atoms with E-state index in [0.717, 1.165) is 24.0 Å². The fourth-order valence-electron chi connectivity index (χ4n) is 3.04. The van der Waals surface area contributed by atoms with Crippen molar-refractivity contribution >= 4 is 23.2 Å². The lowest BCUT2D eigenvalue weighted by molar-refractivity contribution is 0.0848. The number of nitrogens with one attached hydrogen (secondary N) is 2. The van der Waals surface area contributed by atoms with E-state index >= 15 is 0 Å². The first-order chi connectivity index (χ1) is 11.4. The van der Waals surface area contributed by atoms with Gasteiger partial charge in [0.1, 0.15) is 0 Å². The van der Waals surface area contributed by atoms with E-state index in [-0.39, 0.29) is 11.8 Å². The Morgan fingerprint density at radius 1 is 1.12 bits per heavy atom. The summed E-state index contributed by atoms with van der Waals surface area (Å²) >= 11 is 1.54. The summed E-state index contributed by atoms with van der Waals surface area (Å²) in [7, 11) is 0. The first-order valence-corrected chi connectivity index (χ1v) is 9.05. The molecule has 1 aliphatic carbocycles. The Morgan fingerprint density at radius 3 is 2.67 bits per heavy atom. The summed E-state index contributed by atoms with van der Waals surface area (Å²) in [4.78, 5) is 26.6. The van der Waals surface area contributed by atoms with Crippen molar-refractivity contribution in [3.8, 4) is 0 Å². The van der Waals surface area contributed by atoms with Gasteiger partial charge < -0.3 is 0 Å². The molecule has 1 aliphatic rings. The van der Waals surface area contributed by atoms with E-state index in [4.69, 9.17) is 0 Å². The van der Waals surface area contributed by atoms with Gasteiger partial charge in [-0.25, -0.2) is 0 Å². The maximum absolute atomic E-state index is 12.3. The monoisotopic (exact) mass is 342 g/mol. The minimum atomic E-state index is -0.292. The molecule has 0 saturated carbocycles. The molecule has 1 atom stereocenters. The summed E-state index contributed by atoms with van der Waals surface area (Å²) in [6.07, 6.45) is 3.26. The van der Waals surface area contributed by atoms with Crippen LogP contribution >= 0.6 is 11.3 Å². The molecular weight excluding hydrogens is 320 g/mol. The Morgan fingerprint density at radius 2 is 1.88 bits per heavy atom. The van der Waals surface area contributed by atoms with Crippen molar-refractivity contribution in [3.63, 3.8) is 0 Å².